The molecule has 0 spiro atoms. The summed E-state index contributed by atoms with van der Waals surface area (Å²) in [4.78, 5) is 5.26. The lowest BCUT2D eigenvalue weighted by Gasteiger charge is -2.40. The van der Waals surface area contributed by atoms with Crippen LogP contribution in [0.3, 0.4) is 0 Å². The molecule has 4 rings (SSSR count). The third-order valence-corrected chi connectivity index (χ3v) is 5.58. The fourth-order valence-electron chi connectivity index (χ4n) is 4.23. The number of benzene rings is 2. The Morgan fingerprint density at radius 3 is 1.83 bits per heavy atom. The minimum absolute atomic E-state index is 0.434. The molecule has 0 atom stereocenters. The van der Waals surface area contributed by atoms with Crippen LogP contribution in [0.4, 0.5) is 0 Å². The SMILES string of the molecule is CCN1CCN(C2c3ccccc3CCc3ccccc32)CC1. The molecule has 2 aromatic carbocycles. The van der Waals surface area contributed by atoms with Crippen LogP contribution >= 0.6 is 0 Å². The van der Waals surface area contributed by atoms with Crippen molar-refractivity contribution in [1.29, 1.82) is 0 Å². The number of nitrogens with zero attached hydrogens (tertiary/aromatic N) is 2. The van der Waals surface area contributed by atoms with E-state index in [-0.39, 0.29) is 0 Å². The smallest absolute Gasteiger partial charge is 0.0608 e. The summed E-state index contributed by atoms with van der Waals surface area (Å²) >= 11 is 0. The van der Waals surface area contributed by atoms with Crippen LogP contribution in [0.5, 0.6) is 0 Å². The van der Waals surface area contributed by atoms with Crippen LogP contribution in [0, 0.1) is 0 Å². The number of rotatable bonds is 2. The zero-order valence-corrected chi connectivity index (χ0v) is 14.0. The number of fused-ring (bicyclic) bond motifs is 2. The van der Waals surface area contributed by atoms with Gasteiger partial charge in [0.05, 0.1) is 6.04 Å². The molecule has 1 fully saturated rings. The van der Waals surface area contributed by atoms with Crippen molar-refractivity contribution in [3.8, 4) is 0 Å². The Balaban J connectivity index is 1.75. The van der Waals surface area contributed by atoms with Gasteiger partial charge in [-0.3, -0.25) is 4.90 Å². The lowest BCUT2D eigenvalue weighted by molar-refractivity contribution is 0.113. The average Bonchev–Trinajstić information content (AvgIpc) is 2.79. The van der Waals surface area contributed by atoms with Gasteiger partial charge in [0.1, 0.15) is 0 Å². The summed E-state index contributed by atoms with van der Waals surface area (Å²) in [5, 5.41) is 0. The van der Waals surface area contributed by atoms with Crippen molar-refractivity contribution in [3.05, 3.63) is 70.8 Å². The summed E-state index contributed by atoms with van der Waals surface area (Å²) in [6.45, 7) is 8.16. The molecule has 120 valence electrons. The van der Waals surface area contributed by atoms with E-state index in [1.165, 1.54) is 67.8 Å². The largest absolute Gasteiger partial charge is 0.301 e. The van der Waals surface area contributed by atoms with Crippen molar-refractivity contribution in [3.63, 3.8) is 0 Å². The lowest BCUT2D eigenvalue weighted by Crippen LogP contribution is -2.47. The summed E-state index contributed by atoms with van der Waals surface area (Å²) in [5.74, 6) is 0. The Bertz CT molecular complexity index is 624. The van der Waals surface area contributed by atoms with E-state index in [0.717, 1.165) is 0 Å². The molecule has 0 saturated carbocycles. The molecule has 2 heteroatoms. The van der Waals surface area contributed by atoms with Crippen molar-refractivity contribution in [2.24, 2.45) is 0 Å². The van der Waals surface area contributed by atoms with E-state index in [1.807, 2.05) is 0 Å². The summed E-state index contributed by atoms with van der Waals surface area (Å²) in [5.41, 5.74) is 6.13. The minimum Gasteiger partial charge on any atom is -0.301 e. The van der Waals surface area contributed by atoms with Crippen molar-refractivity contribution in [1.82, 2.24) is 9.80 Å². The molecule has 1 aliphatic carbocycles. The second kappa shape index (κ2) is 6.46. The third kappa shape index (κ3) is 2.82. The van der Waals surface area contributed by atoms with Gasteiger partial charge in [-0.15, -0.1) is 0 Å². The molecule has 1 aliphatic heterocycles. The number of hydrogen-bond donors (Lipinski definition) is 0. The van der Waals surface area contributed by atoms with Gasteiger partial charge in [0.15, 0.2) is 0 Å². The first kappa shape index (κ1) is 14.9. The zero-order chi connectivity index (χ0) is 15.6. The highest BCUT2D eigenvalue weighted by Crippen LogP contribution is 2.37. The maximum atomic E-state index is 2.70. The quantitative estimate of drug-likeness (QED) is 0.838. The standard InChI is InChI=1S/C21H26N2/c1-2-22-13-15-23(16-14-22)21-19-9-5-3-7-17(19)11-12-18-8-4-6-10-20(18)21/h3-10,21H,2,11-16H2,1H3. The van der Waals surface area contributed by atoms with Gasteiger partial charge >= 0.3 is 0 Å². The fraction of sp³-hybridized carbons (Fsp3) is 0.429. The van der Waals surface area contributed by atoms with Gasteiger partial charge < -0.3 is 4.90 Å². The van der Waals surface area contributed by atoms with E-state index in [0.29, 0.717) is 6.04 Å². The molecular formula is C21H26N2. The van der Waals surface area contributed by atoms with Crippen LogP contribution in [0.1, 0.15) is 35.2 Å². The highest BCUT2D eigenvalue weighted by Gasteiger charge is 2.30. The van der Waals surface area contributed by atoms with E-state index in [2.05, 4.69) is 65.3 Å². The molecule has 2 nitrogen and oxygen atoms in total. The Morgan fingerprint density at radius 2 is 1.30 bits per heavy atom. The zero-order valence-electron chi connectivity index (χ0n) is 14.0. The molecule has 0 N–H and O–H groups in total. The van der Waals surface area contributed by atoms with Gasteiger partial charge in [0, 0.05) is 26.2 Å². The summed E-state index contributed by atoms with van der Waals surface area (Å²) in [6.07, 6.45) is 2.33. The molecule has 0 amide bonds. The first-order chi connectivity index (χ1) is 11.4. The second-order valence-electron chi connectivity index (χ2n) is 6.77. The van der Waals surface area contributed by atoms with Crippen LogP contribution < -0.4 is 0 Å². The van der Waals surface area contributed by atoms with Gasteiger partial charge in [-0.1, -0.05) is 55.5 Å². The molecule has 1 heterocycles. The van der Waals surface area contributed by atoms with Crippen molar-refractivity contribution >= 4 is 0 Å². The molecule has 2 aromatic rings. The summed E-state index contributed by atoms with van der Waals surface area (Å²) < 4.78 is 0. The van der Waals surface area contributed by atoms with E-state index >= 15 is 0 Å². The van der Waals surface area contributed by atoms with E-state index in [4.69, 9.17) is 0 Å². The molecule has 0 unspecified atom stereocenters. The Labute approximate surface area is 139 Å². The monoisotopic (exact) mass is 306 g/mol. The average molecular weight is 306 g/mol. The molecule has 0 radical (unpaired) electrons. The summed E-state index contributed by atoms with van der Waals surface area (Å²) in [7, 11) is 0. The van der Waals surface area contributed by atoms with Gasteiger partial charge in [0.25, 0.3) is 0 Å². The topological polar surface area (TPSA) is 6.48 Å². The maximum absolute atomic E-state index is 2.70. The maximum Gasteiger partial charge on any atom is 0.0608 e. The van der Waals surface area contributed by atoms with E-state index in [9.17, 15) is 0 Å². The number of hydrogen-bond acceptors (Lipinski definition) is 2. The first-order valence-corrected chi connectivity index (χ1v) is 8.99. The highest BCUT2D eigenvalue weighted by molar-refractivity contribution is 5.44. The number of likely N-dealkylation sites (N-methyl/N-ethyl adjacent to an activating group) is 1. The Hall–Kier alpha value is -1.64. The van der Waals surface area contributed by atoms with Crippen molar-refractivity contribution in [2.75, 3.05) is 32.7 Å². The molecule has 0 aromatic heterocycles. The Morgan fingerprint density at radius 1 is 0.783 bits per heavy atom. The van der Waals surface area contributed by atoms with Crippen molar-refractivity contribution in [2.45, 2.75) is 25.8 Å². The van der Waals surface area contributed by atoms with E-state index in [1.54, 1.807) is 0 Å². The van der Waals surface area contributed by atoms with Crippen LogP contribution in [0.25, 0.3) is 0 Å². The second-order valence-corrected chi connectivity index (χ2v) is 6.77. The highest BCUT2D eigenvalue weighted by atomic mass is 15.3. The predicted molar refractivity (Wildman–Crippen MR) is 95.8 cm³/mol. The molecule has 23 heavy (non-hydrogen) atoms. The Kier molecular flexibility index (Phi) is 4.19. The first-order valence-electron chi connectivity index (χ1n) is 8.99. The van der Waals surface area contributed by atoms with Gasteiger partial charge in [-0.2, -0.15) is 0 Å². The van der Waals surface area contributed by atoms with Crippen LogP contribution in [0.2, 0.25) is 0 Å². The molecule has 0 bridgehead atoms. The predicted octanol–water partition coefficient (Wildman–Crippen LogP) is 3.51. The van der Waals surface area contributed by atoms with E-state index < -0.39 is 0 Å². The third-order valence-electron chi connectivity index (χ3n) is 5.58. The number of aryl methyl sites for hydroxylation is 2. The molecular weight excluding hydrogens is 280 g/mol. The fourth-order valence-corrected chi connectivity index (χ4v) is 4.23. The summed E-state index contributed by atoms with van der Waals surface area (Å²) in [6, 6.07) is 18.6. The van der Waals surface area contributed by atoms with Crippen LogP contribution in [-0.2, 0) is 12.8 Å². The lowest BCUT2D eigenvalue weighted by atomic mass is 9.93. The number of piperazine rings is 1. The van der Waals surface area contributed by atoms with Gasteiger partial charge in [-0.05, 0) is 41.6 Å². The molecule has 1 saturated heterocycles. The van der Waals surface area contributed by atoms with Gasteiger partial charge in [-0.25, -0.2) is 0 Å². The molecule has 2 aliphatic rings. The normalized spacial score (nSPS) is 19.9. The van der Waals surface area contributed by atoms with Crippen LogP contribution in [0.15, 0.2) is 48.5 Å². The van der Waals surface area contributed by atoms with Crippen LogP contribution in [-0.4, -0.2) is 42.5 Å². The van der Waals surface area contributed by atoms with Crippen molar-refractivity contribution < 1.29 is 0 Å². The minimum atomic E-state index is 0.434. The van der Waals surface area contributed by atoms with Gasteiger partial charge in [0.2, 0.25) is 0 Å².